The van der Waals surface area contributed by atoms with Crippen LogP contribution in [0, 0.1) is 0 Å². The third-order valence-electron chi connectivity index (χ3n) is 3.96. The van der Waals surface area contributed by atoms with Gasteiger partial charge in [-0.2, -0.15) is 0 Å². The average molecular weight is 244 g/mol. The number of aryl methyl sites for hydroxylation is 2. The van der Waals surface area contributed by atoms with E-state index in [0.29, 0.717) is 0 Å². The standard InChI is InChI=1S/C15H20N2O/c16-17-15(14-5-2-8-18-10-14)13-7-6-11-3-1-4-12(11)9-13/h6-7,9-10,15,17H,1-5,8,16H2. The first-order chi connectivity index (χ1) is 8.88. The van der Waals surface area contributed by atoms with Crippen LogP contribution in [-0.4, -0.2) is 6.61 Å². The van der Waals surface area contributed by atoms with Crippen molar-refractivity contribution in [2.24, 2.45) is 5.84 Å². The van der Waals surface area contributed by atoms with Crippen LogP contribution in [0.3, 0.4) is 0 Å². The molecule has 2 aliphatic rings. The Bertz CT molecular complexity index is 468. The molecule has 0 aromatic heterocycles. The molecule has 1 aliphatic heterocycles. The molecule has 18 heavy (non-hydrogen) atoms. The average Bonchev–Trinajstić information content (AvgIpc) is 2.88. The van der Waals surface area contributed by atoms with E-state index in [1.165, 1.54) is 41.5 Å². The molecule has 1 atom stereocenters. The maximum Gasteiger partial charge on any atom is 0.0876 e. The number of rotatable bonds is 3. The van der Waals surface area contributed by atoms with Gasteiger partial charge in [0.15, 0.2) is 0 Å². The van der Waals surface area contributed by atoms with E-state index in [4.69, 9.17) is 10.6 Å². The Balaban J connectivity index is 1.89. The molecule has 1 aliphatic carbocycles. The summed E-state index contributed by atoms with van der Waals surface area (Å²) in [6, 6.07) is 6.86. The first-order valence-corrected chi connectivity index (χ1v) is 6.77. The number of fused-ring (bicyclic) bond motifs is 1. The Morgan fingerprint density at radius 3 is 2.78 bits per heavy atom. The van der Waals surface area contributed by atoms with Crippen LogP contribution in [0.1, 0.15) is 42.0 Å². The van der Waals surface area contributed by atoms with Crippen molar-refractivity contribution in [1.29, 1.82) is 0 Å². The highest BCUT2D eigenvalue weighted by Gasteiger charge is 2.20. The van der Waals surface area contributed by atoms with Crippen molar-refractivity contribution in [2.45, 2.75) is 38.1 Å². The van der Waals surface area contributed by atoms with E-state index in [-0.39, 0.29) is 6.04 Å². The molecule has 0 saturated carbocycles. The molecule has 3 rings (SSSR count). The van der Waals surface area contributed by atoms with Crippen LogP contribution in [0.25, 0.3) is 0 Å². The second kappa shape index (κ2) is 5.12. The zero-order valence-corrected chi connectivity index (χ0v) is 10.6. The summed E-state index contributed by atoms with van der Waals surface area (Å²) < 4.78 is 5.42. The summed E-state index contributed by atoms with van der Waals surface area (Å²) in [5.41, 5.74) is 8.44. The monoisotopic (exact) mass is 244 g/mol. The van der Waals surface area contributed by atoms with Crippen LogP contribution in [-0.2, 0) is 17.6 Å². The zero-order chi connectivity index (χ0) is 12.4. The van der Waals surface area contributed by atoms with Gasteiger partial charge in [-0.3, -0.25) is 5.84 Å². The molecule has 3 N–H and O–H groups in total. The SMILES string of the molecule is NNC(C1=COCCC1)c1ccc2c(c1)CCC2. The van der Waals surface area contributed by atoms with Crippen LogP contribution >= 0.6 is 0 Å². The van der Waals surface area contributed by atoms with Gasteiger partial charge in [-0.25, -0.2) is 5.43 Å². The number of hydrazine groups is 1. The van der Waals surface area contributed by atoms with Crippen molar-refractivity contribution >= 4 is 0 Å². The van der Waals surface area contributed by atoms with Crippen LogP contribution < -0.4 is 11.3 Å². The summed E-state index contributed by atoms with van der Waals surface area (Å²) in [5, 5.41) is 0. The summed E-state index contributed by atoms with van der Waals surface area (Å²) in [4.78, 5) is 0. The third kappa shape index (κ3) is 2.16. The highest BCUT2D eigenvalue weighted by Crippen LogP contribution is 2.30. The van der Waals surface area contributed by atoms with Gasteiger partial charge in [0.2, 0.25) is 0 Å². The number of hydrogen-bond acceptors (Lipinski definition) is 3. The van der Waals surface area contributed by atoms with Crippen molar-refractivity contribution in [1.82, 2.24) is 5.43 Å². The highest BCUT2D eigenvalue weighted by atomic mass is 16.5. The molecular formula is C15H20N2O. The third-order valence-corrected chi connectivity index (χ3v) is 3.96. The Morgan fingerprint density at radius 1 is 1.11 bits per heavy atom. The van der Waals surface area contributed by atoms with Gasteiger partial charge in [0.1, 0.15) is 0 Å². The van der Waals surface area contributed by atoms with Crippen molar-refractivity contribution < 1.29 is 4.74 Å². The van der Waals surface area contributed by atoms with Crippen LogP contribution in [0.5, 0.6) is 0 Å². The Morgan fingerprint density at radius 2 is 2.00 bits per heavy atom. The van der Waals surface area contributed by atoms with Crippen LogP contribution in [0.15, 0.2) is 30.0 Å². The fourth-order valence-electron chi connectivity index (χ4n) is 2.99. The molecule has 1 aromatic rings. The summed E-state index contributed by atoms with van der Waals surface area (Å²) in [7, 11) is 0. The topological polar surface area (TPSA) is 47.3 Å². The molecule has 0 radical (unpaired) electrons. The van der Waals surface area contributed by atoms with Crippen molar-refractivity contribution in [3.05, 3.63) is 46.7 Å². The van der Waals surface area contributed by atoms with Gasteiger partial charge in [0.25, 0.3) is 0 Å². The molecule has 3 nitrogen and oxygen atoms in total. The Kier molecular flexibility index (Phi) is 3.35. The molecule has 1 heterocycles. The molecular weight excluding hydrogens is 224 g/mol. The minimum atomic E-state index is 0.0937. The molecule has 1 unspecified atom stereocenters. The van der Waals surface area contributed by atoms with Crippen molar-refractivity contribution in [3.8, 4) is 0 Å². The first kappa shape index (κ1) is 11.8. The van der Waals surface area contributed by atoms with Crippen LogP contribution in [0.2, 0.25) is 0 Å². The molecule has 0 fully saturated rings. The fourth-order valence-corrected chi connectivity index (χ4v) is 2.99. The smallest absolute Gasteiger partial charge is 0.0876 e. The van der Waals surface area contributed by atoms with E-state index in [2.05, 4.69) is 23.6 Å². The first-order valence-electron chi connectivity index (χ1n) is 6.77. The lowest BCUT2D eigenvalue weighted by atomic mass is 9.93. The number of nitrogens with one attached hydrogen (secondary N) is 1. The summed E-state index contributed by atoms with van der Waals surface area (Å²) in [6.45, 7) is 0.824. The molecule has 0 bridgehead atoms. The summed E-state index contributed by atoms with van der Waals surface area (Å²) >= 11 is 0. The quantitative estimate of drug-likeness (QED) is 0.634. The maximum atomic E-state index is 5.73. The highest BCUT2D eigenvalue weighted by molar-refractivity contribution is 5.39. The predicted octanol–water partition coefficient (Wildman–Crippen LogP) is 2.37. The van der Waals surface area contributed by atoms with Crippen molar-refractivity contribution in [2.75, 3.05) is 6.61 Å². The van der Waals surface area contributed by atoms with Gasteiger partial charge in [-0.05, 0) is 54.4 Å². The lowest BCUT2D eigenvalue weighted by Gasteiger charge is -2.23. The normalized spacial score (nSPS) is 19.9. The van der Waals surface area contributed by atoms with E-state index in [9.17, 15) is 0 Å². The van der Waals surface area contributed by atoms with Gasteiger partial charge >= 0.3 is 0 Å². The molecule has 1 aromatic carbocycles. The fraction of sp³-hybridized carbons (Fsp3) is 0.467. The van der Waals surface area contributed by atoms with E-state index in [0.717, 1.165) is 19.4 Å². The molecule has 96 valence electrons. The van der Waals surface area contributed by atoms with Gasteiger partial charge < -0.3 is 4.74 Å². The lowest BCUT2D eigenvalue weighted by molar-refractivity contribution is 0.219. The predicted molar refractivity (Wildman–Crippen MR) is 71.8 cm³/mol. The van der Waals surface area contributed by atoms with E-state index in [1.807, 2.05) is 6.26 Å². The minimum absolute atomic E-state index is 0.0937. The van der Waals surface area contributed by atoms with E-state index >= 15 is 0 Å². The van der Waals surface area contributed by atoms with Gasteiger partial charge in [-0.1, -0.05) is 18.2 Å². The lowest BCUT2D eigenvalue weighted by Crippen LogP contribution is -2.30. The van der Waals surface area contributed by atoms with E-state index in [1.54, 1.807) is 0 Å². The van der Waals surface area contributed by atoms with Gasteiger partial charge in [-0.15, -0.1) is 0 Å². The zero-order valence-electron chi connectivity index (χ0n) is 10.6. The number of nitrogens with two attached hydrogens (primary N) is 1. The summed E-state index contributed by atoms with van der Waals surface area (Å²) in [6.07, 6.45) is 7.73. The summed E-state index contributed by atoms with van der Waals surface area (Å²) in [5.74, 6) is 5.73. The number of ether oxygens (including phenoxy) is 1. The molecule has 0 amide bonds. The molecule has 0 spiro atoms. The van der Waals surface area contributed by atoms with Gasteiger partial charge in [0, 0.05) is 0 Å². The second-order valence-corrected chi connectivity index (χ2v) is 5.15. The number of hydrogen-bond donors (Lipinski definition) is 2. The van der Waals surface area contributed by atoms with Gasteiger partial charge in [0.05, 0.1) is 18.9 Å². The maximum absolute atomic E-state index is 5.73. The number of benzene rings is 1. The van der Waals surface area contributed by atoms with E-state index < -0.39 is 0 Å². The van der Waals surface area contributed by atoms with Crippen LogP contribution in [0.4, 0.5) is 0 Å². The van der Waals surface area contributed by atoms with Crippen molar-refractivity contribution in [3.63, 3.8) is 0 Å². The largest absolute Gasteiger partial charge is 0.501 e. The Labute approximate surface area is 108 Å². The Hall–Kier alpha value is -1.32. The minimum Gasteiger partial charge on any atom is -0.501 e. The second-order valence-electron chi connectivity index (χ2n) is 5.15. The molecule has 0 saturated heterocycles. The molecule has 3 heteroatoms.